The molecule has 0 spiro atoms. The van der Waals surface area contributed by atoms with Gasteiger partial charge in [-0.1, -0.05) is 60.7 Å². The lowest BCUT2D eigenvalue weighted by Crippen LogP contribution is -1.95. The van der Waals surface area contributed by atoms with Gasteiger partial charge in [0.25, 0.3) is 0 Å². The van der Waals surface area contributed by atoms with Crippen LogP contribution in [0.1, 0.15) is 16.1 Å². The van der Waals surface area contributed by atoms with Gasteiger partial charge < -0.3 is 4.40 Å². The third-order valence-electron chi connectivity index (χ3n) is 4.43. The molecule has 0 atom stereocenters. The summed E-state index contributed by atoms with van der Waals surface area (Å²) in [6, 6.07) is 24.6. The second-order valence-corrected chi connectivity index (χ2v) is 5.96. The molecule has 2 nitrogen and oxygen atoms in total. The maximum atomic E-state index is 11.7. The molecule has 0 aliphatic rings. The lowest BCUT2D eigenvalue weighted by atomic mass is 10.0. The van der Waals surface area contributed by atoms with Gasteiger partial charge in [0.15, 0.2) is 6.29 Å². The predicted octanol–water partition coefficient (Wildman–Crippen LogP) is 5.39. The van der Waals surface area contributed by atoms with Crippen LogP contribution in [-0.4, -0.2) is 10.7 Å². The van der Waals surface area contributed by atoms with E-state index in [0.717, 1.165) is 28.5 Å². The molecule has 0 aliphatic heterocycles. The third kappa shape index (κ3) is 2.33. The first kappa shape index (κ1) is 14.5. The molecule has 24 heavy (non-hydrogen) atoms. The molecule has 0 amide bonds. The quantitative estimate of drug-likeness (QED) is 0.465. The molecule has 0 fully saturated rings. The van der Waals surface area contributed by atoms with Crippen molar-refractivity contribution in [1.29, 1.82) is 0 Å². The van der Waals surface area contributed by atoms with Gasteiger partial charge in [0.2, 0.25) is 0 Å². The monoisotopic (exact) mass is 311 g/mol. The van der Waals surface area contributed by atoms with Crippen LogP contribution in [0, 0.1) is 6.92 Å². The molecule has 0 radical (unpaired) electrons. The van der Waals surface area contributed by atoms with Gasteiger partial charge in [0.05, 0.1) is 5.69 Å². The minimum absolute atomic E-state index is 0.693. The van der Waals surface area contributed by atoms with Crippen LogP contribution >= 0.6 is 0 Å². The van der Waals surface area contributed by atoms with E-state index in [-0.39, 0.29) is 0 Å². The van der Waals surface area contributed by atoms with Gasteiger partial charge in [-0.25, -0.2) is 0 Å². The zero-order valence-corrected chi connectivity index (χ0v) is 13.4. The summed E-state index contributed by atoms with van der Waals surface area (Å²) in [5, 5.41) is 0. The van der Waals surface area contributed by atoms with Gasteiger partial charge in [-0.2, -0.15) is 0 Å². The first-order valence-corrected chi connectivity index (χ1v) is 7.99. The summed E-state index contributed by atoms with van der Waals surface area (Å²) in [7, 11) is 0. The lowest BCUT2D eigenvalue weighted by Gasteiger charge is -2.08. The van der Waals surface area contributed by atoms with Crippen molar-refractivity contribution in [3.8, 4) is 22.3 Å². The Morgan fingerprint density at radius 2 is 1.33 bits per heavy atom. The average Bonchev–Trinajstić information content (AvgIpc) is 3.00. The molecule has 4 aromatic rings. The van der Waals surface area contributed by atoms with Crippen molar-refractivity contribution >= 4 is 11.8 Å². The standard InChI is InChI=1S/C22H17NO/c1-16-14-23-19(12-20(16)17-8-4-2-5-9-17)13-21(22(23)15-24)18-10-6-3-7-11-18/h2-15H,1H3. The fraction of sp³-hybridized carbons (Fsp3) is 0.0455. The number of hydrogen-bond donors (Lipinski definition) is 0. The summed E-state index contributed by atoms with van der Waals surface area (Å²) in [6.07, 6.45) is 2.99. The largest absolute Gasteiger partial charge is 0.313 e. The third-order valence-corrected chi connectivity index (χ3v) is 4.43. The molecule has 0 N–H and O–H groups in total. The topological polar surface area (TPSA) is 21.5 Å². The Morgan fingerprint density at radius 1 is 0.792 bits per heavy atom. The first-order chi connectivity index (χ1) is 11.8. The van der Waals surface area contributed by atoms with E-state index in [1.165, 1.54) is 11.1 Å². The number of nitrogens with zero attached hydrogens (tertiary/aromatic N) is 1. The van der Waals surface area contributed by atoms with E-state index in [1.807, 2.05) is 59.1 Å². The second kappa shape index (κ2) is 5.82. The molecule has 0 unspecified atom stereocenters. The molecular weight excluding hydrogens is 294 g/mol. The molecular formula is C22H17NO. The Morgan fingerprint density at radius 3 is 1.92 bits per heavy atom. The van der Waals surface area contributed by atoms with Crippen molar-refractivity contribution in [1.82, 2.24) is 4.40 Å². The van der Waals surface area contributed by atoms with Crippen molar-refractivity contribution in [3.63, 3.8) is 0 Å². The van der Waals surface area contributed by atoms with E-state index in [0.29, 0.717) is 5.69 Å². The summed E-state index contributed by atoms with van der Waals surface area (Å²) in [6.45, 7) is 2.08. The van der Waals surface area contributed by atoms with Crippen LogP contribution in [0.2, 0.25) is 0 Å². The average molecular weight is 311 g/mol. The number of carbonyl (C=O) groups is 1. The van der Waals surface area contributed by atoms with E-state index in [1.54, 1.807) is 0 Å². The lowest BCUT2D eigenvalue weighted by molar-refractivity contribution is 0.111. The number of pyridine rings is 1. The van der Waals surface area contributed by atoms with Crippen LogP contribution in [0.25, 0.3) is 27.8 Å². The summed E-state index contributed by atoms with van der Waals surface area (Å²) >= 11 is 0. The Balaban J connectivity index is 1.97. The van der Waals surface area contributed by atoms with Crippen LogP contribution in [0.5, 0.6) is 0 Å². The van der Waals surface area contributed by atoms with Crippen molar-refractivity contribution in [2.45, 2.75) is 6.92 Å². The van der Waals surface area contributed by atoms with Crippen molar-refractivity contribution in [3.05, 3.63) is 90.3 Å². The number of hydrogen-bond acceptors (Lipinski definition) is 1. The second-order valence-electron chi connectivity index (χ2n) is 5.96. The summed E-state index contributed by atoms with van der Waals surface area (Å²) < 4.78 is 1.98. The van der Waals surface area contributed by atoms with Gasteiger partial charge in [0.1, 0.15) is 0 Å². The smallest absolute Gasteiger partial charge is 0.167 e. The van der Waals surface area contributed by atoms with Crippen LogP contribution < -0.4 is 0 Å². The van der Waals surface area contributed by atoms with Crippen molar-refractivity contribution in [2.24, 2.45) is 0 Å². The Hall–Kier alpha value is -3.13. The Kier molecular flexibility index (Phi) is 3.51. The molecule has 2 aromatic carbocycles. The minimum Gasteiger partial charge on any atom is -0.313 e. The van der Waals surface area contributed by atoms with E-state index in [9.17, 15) is 4.79 Å². The summed E-state index contributed by atoms with van der Waals surface area (Å²) in [5.41, 5.74) is 7.27. The number of aromatic nitrogens is 1. The van der Waals surface area contributed by atoms with Crippen molar-refractivity contribution in [2.75, 3.05) is 0 Å². The van der Waals surface area contributed by atoms with Crippen LogP contribution in [0.4, 0.5) is 0 Å². The molecule has 0 bridgehead atoms. The molecule has 2 heterocycles. The normalized spacial score (nSPS) is 10.9. The van der Waals surface area contributed by atoms with E-state index in [4.69, 9.17) is 0 Å². The summed E-state index contributed by atoms with van der Waals surface area (Å²) in [4.78, 5) is 11.7. The fourth-order valence-corrected chi connectivity index (χ4v) is 3.24. The number of benzene rings is 2. The van der Waals surface area contributed by atoms with Gasteiger partial charge in [0, 0.05) is 17.3 Å². The highest BCUT2D eigenvalue weighted by Gasteiger charge is 2.13. The maximum absolute atomic E-state index is 11.7. The van der Waals surface area contributed by atoms with Gasteiger partial charge in [-0.05, 0) is 41.3 Å². The SMILES string of the molecule is Cc1cn2c(C=O)c(-c3ccccc3)cc2cc1-c1ccccc1. The number of carbonyl (C=O) groups excluding carboxylic acids is 1. The zero-order chi connectivity index (χ0) is 16.5. The van der Waals surface area contributed by atoms with Crippen LogP contribution in [-0.2, 0) is 0 Å². The minimum atomic E-state index is 0.693. The Bertz CT molecular complexity index is 1010. The first-order valence-electron chi connectivity index (χ1n) is 7.99. The molecule has 2 heteroatoms. The highest BCUT2D eigenvalue weighted by atomic mass is 16.1. The van der Waals surface area contributed by atoms with Crippen LogP contribution in [0.15, 0.2) is 79.0 Å². The van der Waals surface area contributed by atoms with Crippen LogP contribution in [0.3, 0.4) is 0 Å². The number of aryl methyl sites for hydroxylation is 1. The maximum Gasteiger partial charge on any atom is 0.167 e. The fourth-order valence-electron chi connectivity index (χ4n) is 3.24. The van der Waals surface area contributed by atoms with E-state index < -0.39 is 0 Å². The number of rotatable bonds is 3. The molecule has 0 saturated heterocycles. The summed E-state index contributed by atoms with van der Waals surface area (Å²) in [5.74, 6) is 0. The van der Waals surface area contributed by atoms with Gasteiger partial charge in [-0.15, -0.1) is 0 Å². The van der Waals surface area contributed by atoms with Gasteiger partial charge >= 0.3 is 0 Å². The zero-order valence-electron chi connectivity index (χ0n) is 13.4. The van der Waals surface area contributed by atoms with Gasteiger partial charge in [-0.3, -0.25) is 4.79 Å². The highest BCUT2D eigenvalue weighted by molar-refractivity contribution is 5.91. The van der Waals surface area contributed by atoms with E-state index >= 15 is 0 Å². The Labute approximate surface area is 141 Å². The highest BCUT2D eigenvalue weighted by Crippen LogP contribution is 2.31. The molecule has 4 rings (SSSR count). The van der Waals surface area contributed by atoms with E-state index in [2.05, 4.69) is 31.2 Å². The number of aldehydes is 1. The molecule has 116 valence electrons. The molecule has 0 saturated carbocycles. The predicted molar refractivity (Wildman–Crippen MR) is 98.4 cm³/mol. The number of fused-ring (bicyclic) bond motifs is 1. The molecule has 2 aromatic heterocycles. The molecule has 0 aliphatic carbocycles. The van der Waals surface area contributed by atoms with Crippen molar-refractivity contribution < 1.29 is 4.79 Å².